The van der Waals surface area contributed by atoms with Gasteiger partial charge in [0.2, 0.25) is 0 Å². The predicted molar refractivity (Wildman–Crippen MR) is 78.2 cm³/mol. The SMILES string of the molecule is Cc1cc(Cl)cc2c1N(Cc1ccccc1)C(=O)C2=O. The molecule has 3 rings (SSSR count). The zero-order valence-electron chi connectivity index (χ0n) is 10.9. The lowest BCUT2D eigenvalue weighted by atomic mass is 10.1. The molecule has 0 aromatic heterocycles. The molecule has 0 aliphatic carbocycles. The van der Waals surface area contributed by atoms with Gasteiger partial charge in [0, 0.05) is 5.02 Å². The minimum Gasteiger partial charge on any atom is -0.300 e. The van der Waals surface area contributed by atoms with Crippen LogP contribution in [0, 0.1) is 6.92 Å². The fourth-order valence-electron chi connectivity index (χ4n) is 2.52. The Morgan fingerprint density at radius 1 is 1.10 bits per heavy atom. The van der Waals surface area contributed by atoms with Crippen LogP contribution >= 0.6 is 11.6 Å². The van der Waals surface area contributed by atoms with E-state index >= 15 is 0 Å². The molecule has 3 nitrogen and oxygen atoms in total. The Balaban J connectivity index is 2.07. The largest absolute Gasteiger partial charge is 0.300 e. The van der Waals surface area contributed by atoms with Gasteiger partial charge in [-0.2, -0.15) is 0 Å². The molecule has 1 amide bonds. The van der Waals surface area contributed by atoms with Crippen molar-refractivity contribution >= 4 is 29.0 Å². The summed E-state index contributed by atoms with van der Waals surface area (Å²) in [5.41, 5.74) is 2.89. The first-order valence-electron chi connectivity index (χ1n) is 6.28. The van der Waals surface area contributed by atoms with Gasteiger partial charge in [0.25, 0.3) is 11.7 Å². The second-order valence-corrected chi connectivity index (χ2v) is 5.26. The lowest BCUT2D eigenvalue weighted by Gasteiger charge is -2.18. The molecule has 2 aromatic carbocycles. The van der Waals surface area contributed by atoms with Crippen LogP contribution in [0.1, 0.15) is 21.5 Å². The van der Waals surface area contributed by atoms with Gasteiger partial charge < -0.3 is 4.90 Å². The summed E-state index contributed by atoms with van der Waals surface area (Å²) in [6.45, 7) is 2.25. The number of carbonyl (C=O) groups excluding carboxylic acids is 2. The molecule has 0 fully saturated rings. The van der Waals surface area contributed by atoms with E-state index in [1.807, 2.05) is 37.3 Å². The Bertz CT molecular complexity index is 710. The van der Waals surface area contributed by atoms with Crippen LogP contribution in [-0.2, 0) is 11.3 Å². The molecule has 100 valence electrons. The number of rotatable bonds is 2. The number of fused-ring (bicyclic) bond motifs is 1. The number of carbonyl (C=O) groups is 2. The number of aryl methyl sites for hydroxylation is 1. The number of anilines is 1. The van der Waals surface area contributed by atoms with E-state index in [0.29, 0.717) is 22.8 Å². The summed E-state index contributed by atoms with van der Waals surface area (Å²) in [6.07, 6.45) is 0. The third-order valence-electron chi connectivity index (χ3n) is 3.40. The van der Waals surface area contributed by atoms with Gasteiger partial charge in [0.1, 0.15) is 0 Å². The number of halogens is 1. The van der Waals surface area contributed by atoms with Crippen LogP contribution < -0.4 is 4.90 Å². The van der Waals surface area contributed by atoms with E-state index in [1.54, 1.807) is 12.1 Å². The third kappa shape index (κ3) is 2.00. The monoisotopic (exact) mass is 285 g/mol. The predicted octanol–water partition coefficient (Wildman–Crippen LogP) is 3.38. The molecular weight excluding hydrogens is 274 g/mol. The van der Waals surface area contributed by atoms with E-state index in [9.17, 15) is 9.59 Å². The standard InChI is InChI=1S/C16H12ClNO2/c1-10-7-12(17)8-13-14(10)18(16(20)15(13)19)9-11-5-3-2-4-6-11/h2-8H,9H2,1H3. The van der Waals surface area contributed by atoms with Crippen molar-refractivity contribution in [1.82, 2.24) is 0 Å². The first-order chi connectivity index (χ1) is 9.58. The summed E-state index contributed by atoms with van der Waals surface area (Å²) < 4.78 is 0. The van der Waals surface area contributed by atoms with Gasteiger partial charge in [-0.25, -0.2) is 0 Å². The quantitative estimate of drug-likeness (QED) is 0.793. The van der Waals surface area contributed by atoms with Gasteiger partial charge in [-0.1, -0.05) is 41.9 Å². The Hall–Kier alpha value is -2.13. The number of amides is 1. The van der Waals surface area contributed by atoms with Crippen molar-refractivity contribution in [2.45, 2.75) is 13.5 Å². The number of nitrogens with zero attached hydrogens (tertiary/aromatic N) is 1. The van der Waals surface area contributed by atoms with Crippen LogP contribution in [0.3, 0.4) is 0 Å². The van der Waals surface area contributed by atoms with Crippen molar-refractivity contribution in [3.05, 3.63) is 64.2 Å². The molecule has 0 unspecified atom stereocenters. The second kappa shape index (κ2) is 4.76. The zero-order chi connectivity index (χ0) is 14.3. The summed E-state index contributed by atoms with van der Waals surface area (Å²) in [5.74, 6) is -0.976. The van der Waals surface area contributed by atoms with E-state index in [-0.39, 0.29) is 0 Å². The Morgan fingerprint density at radius 2 is 1.80 bits per heavy atom. The van der Waals surface area contributed by atoms with E-state index in [4.69, 9.17) is 11.6 Å². The van der Waals surface area contributed by atoms with E-state index in [0.717, 1.165) is 11.1 Å². The van der Waals surface area contributed by atoms with E-state index in [2.05, 4.69) is 0 Å². The number of Topliss-reactive ketones (excluding diaryl/α,β-unsaturated/α-hetero) is 1. The molecule has 1 aliphatic heterocycles. The average molecular weight is 286 g/mol. The smallest absolute Gasteiger partial charge is 0.299 e. The van der Waals surface area contributed by atoms with Crippen LogP contribution in [0.25, 0.3) is 0 Å². The molecular formula is C16H12ClNO2. The summed E-state index contributed by atoms with van der Waals surface area (Å²) >= 11 is 5.97. The van der Waals surface area contributed by atoms with Gasteiger partial charge >= 0.3 is 0 Å². The van der Waals surface area contributed by atoms with Crippen LogP contribution in [-0.4, -0.2) is 11.7 Å². The highest BCUT2D eigenvalue weighted by atomic mass is 35.5. The number of hydrogen-bond donors (Lipinski definition) is 0. The highest BCUT2D eigenvalue weighted by Crippen LogP contribution is 2.35. The normalized spacial score (nSPS) is 13.8. The summed E-state index contributed by atoms with van der Waals surface area (Å²) in [4.78, 5) is 25.7. The first-order valence-corrected chi connectivity index (χ1v) is 6.66. The second-order valence-electron chi connectivity index (χ2n) is 4.82. The maximum absolute atomic E-state index is 12.2. The summed E-state index contributed by atoms with van der Waals surface area (Å²) in [5, 5.41) is 0.476. The van der Waals surface area contributed by atoms with Gasteiger partial charge in [-0.3, -0.25) is 9.59 Å². The van der Waals surface area contributed by atoms with Crippen LogP contribution in [0.2, 0.25) is 5.02 Å². The maximum Gasteiger partial charge on any atom is 0.299 e. The molecule has 0 radical (unpaired) electrons. The van der Waals surface area contributed by atoms with Crippen molar-refractivity contribution in [3.63, 3.8) is 0 Å². The van der Waals surface area contributed by atoms with E-state index in [1.165, 1.54) is 4.90 Å². The van der Waals surface area contributed by atoms with Gasteiger partial charge in [0.15, 0.2) is 0 Å². The van der Waals surface area contributed by atoms with Crippen LogP contribution in [0.4, 0.5) is 5.69 Å². The maximum atomic E-state index is 12.2. The van der Waals surface area contributed by atoms with Crippen LogP contribution in [0.15, 0.2) is 42.5 Å². The lowest BCUT2D eigenvalue weighted by Crippen LogP contribution is -2.29. The van der Waals surface area contributed by atoms with Gasteiger partial charge in [0.05, 0.1) is 17.8 Å². The fourth-order valence-corrected chi connectivity index (χ4v) is 2.80. The molecule has 2 aromatic rings. The number of ketones is 1. The fraction of sp³-hybridized carbons (Fsp3) is 0.125. The molecule has 0 atom stereocenters. The number of hydrogen-bond acceptors (Lipinski definition) is 2. The van der Waals surface area contributed by atoms with Crippen molar-refractivity contribution in [2.75, 3.05) is 4.90 Å². The third-order valence-corrected chi connectivity index (χ3v) is 3.62. The van der Waals surface area contributed by atoms with Crippen molar-refractivity contribution in [2.24, 2.45) is 0 Å². The number of benzene rings is 2. The van der Waals surface area contributed by atoms with Crippen molar-refractivity contribution in [3.8, 4) is 0 Å². The zero-order valence-corrected chi connectivity index (χ0v) is 11.6. The van der Waals surface area contributed by atoms with Gasteiger partial charge in [-0.05, 0) is 30.2 Å². The molecule has 0 saturated heterocycles. The highest BCUT2D eigenvalue weighted by molar-refractivity contribution is 6.52. The molecule has 0 saturated carbocycles. The lowest BCUT2D eigenvalue weighted by molar-refractivity contribution is -0.114. The Kier molecular flexibility index (Phi) is 3.07. The van der Waals surface area contributed by atoms with E-state index < -0.39 is 11.7 Å². The molecule has 4 heteroatoms. The topological polar surface area (TPSA) is 37.4 Å². The minimum absolute atomic E-state index is 0.390. The molecule has 1 aliphatic rings. The Labute approximate surface area is 121 Å². The van der Waals surface area contributed by atoms with Crippen molar-refractivity contribution in [1.29, 1.82) is 0 Å². The first kappa shape index (κ1) is 12.9. The Morgan fingerprint density at radius 3 is 2.50 bits per heavy atom. The van der Waals surface area contributed by atoms with Crippen LogP contribution in [0.5, 0.6) is 0 Å². The molecule has 0 bridgehead atoms. The van der Waals surface area contributed by atoms with Gasteiger partial charge in [-0.15, -0.1) is 0 Å². The molecule has 20 heavy (non-hydrogen) atoms. The summed E-state index contributed by atoms with van der Waals surface area (Å²) in [7, 11) is 0. The highest BCUT2D eigenvalue weighted by Gasteiger charge is 2.37. The van der Waals surface area contributed by atoms with Crippen molar-refractivity contribution < 1.29 is 9.59 Å². The average Bonchev–Trinajstić information content (AvgIpc) is 2.65. The molecule has 1 heterocycles. The minimum atomic E-state index is -0.491. The molecule has 0 spiro atoms. The molecule has 0 N–H and O–H groups in total. The summed E-state index contributed by atoms with van der Waals surface area (Å²) in [6, 6.07) is 12.9.